The topological polar surface area (TPSA) is 110 Å². The number of halogens is 3. The van der Waals surface area contributed by atoms with Crippen LogP contribution in [-0.2, 0) is 19.6 Å². The summed E-state index contributed by atoms with van der Waals surface area (Å²) >= 11 is 0. The number of rotatable bonds is 8. The van der Waals surface area contributed by atoms with Crippen molar-refractivity contribution in [3.63, 3.8) is 0 Å². The van der Waals surface area contributed by atoms with Gasteiger partial charge in [-0.25, -0.2) is 13.2 Å². The number of sulfonamides is 1. The first-order chi connectivity index (χ1) is 16.8. The van der Waals surface area contributed by atoms with E-state index in [-0.39, 0.29) is 18.9 Å². The lowest BCUT2D eigenvalue weighted by Crippen LogP contribution is -2.47. The van der Waals surface area contributed by atoms with Crippen molar-refractivity contribution in [1.82, 2.24) is 19.4 Å². The first kappa shape index (κ1) is 30.0. The molecule has 2 aliphatic heterocycles. The van der Waals surface area contributed by atoms with Crippen LogP contribution < -0.4 is 5.32 Å². The number of nitrogens with zero attached hydrogens (tertiary/aromatic N) is 3. The number of carboxylic acids is 1. The number of carbonyl (C=O) groups excluding carboxylic acids is 1. The van der Waals surface area contributed by atoms with Crippen LogP contribution in [0.15, 0.2) is 23.1 Å². The largest absolute Gasteiger partial charge is 0.490 e. The summed E-state index contributed by atoms with van der Waals surface area (Å²) in [6.07, 6.45) is -2.51. The molecule has 9 nitrogen and oxygen atoms in total. The van der Waals surface area contributed by atoms with Gasteiger partial charge in [0.1, 0.15) is 0 Å². The molecule has 1 amide bonds. The van der Waals surface area contributed by atoms with Gasteiger partial charge in [-0.1, -0.05) is 17.7 Å². The predicted octanol–water partition coefficient (Wildman–Crippen LogP) is 1.85. The van der Waals surface area contributed by atoms with Gasteiger partial charge in [0, 0.05) is 52.2 Å². The lowest BCUT2D eigenvalue weighted by atomic mass is 10.2. The monoisotopic (exact) mass is 536 g/mol. The number of hydrogen-bond acceptors (Lipinski definition) is 6. The lowest BCUT2D eigenvalue weighted by Gasteiger charge is -2.29. The summed E-state index contributed by atoms with van der Waals surface area (Å²) in [6, 6.07) is 5.43. The van der Waals surface area contributed by atoms with Gasteiger partial charge in [-0.15, -0.1) is 0 Å². The highest BCUT2D eigenvalue weighted by molar-refractivity contribution is 7.89. The Labute approximate surface area is 210 Å². The van der Waals surface area contributed by atoms with Gasteiger partial charge in [-0.3, -0.25) is 4.79 Å². The van der Waals surface area contributed by atoms with E-state index in [4.69, 9.17) is 9.90 Å². The maximum absolute atomic E-state index is 13.4. The Morgan fingerprint density at radius 1 is 1.06 bits per heavy atom. The number of hydrogen-bond donors (Lipinski definition) is 2. The molecule has 0 aliphatic carbocycles. The smallest absolute Gasteiger partial charge is 0.475 e. The van der Waals surface area contributed by atoms with E-state index in [0.29, 0.717) is 31.1 Å². The highest BCUT2D eigenvalue weighted by atomic mass is 32.2. The average Bonchev–Trinajstić information content (AvgIpc) is 3.32. The number of amides is 1. The second-order valence-corrected chi connectivity index (χ2v) is 10.8. The maximum atomic E-state index is 13.4. The summed E-state index contributed by atoms with van der Waals surface area (Å²) in [5, 5.41) is 10.4. The predicted molar refractivity (Wildman–Crippen MR) is 128 cm³/mol. The highest BCUT2D eigenvalue weighted by Crippen LogP contribution is 2.22. The van der Waals surface area contributed by atoms with Crippen LogP contribution in [0.2, 0.25) is 0 Å². The minimum atomic E-state index is -5.08. The molecule has 2 N–H and O–H groups in total. The number of aryl methyl sites for hydroxylation is 2. The fourth-order valence-corrected chi connectivity index (χ4v) is 5.77. The third kappa shape index (κ3) is 9.02. The van der Waals surface area contributed by atoms with E-state index in [2.05, 4.69) is 10.2 Å². The molecule has 36 heavy (non-hydrogen) atoms. The summed E-state index contributed by atoms with van der Waals surface area (Å²) in [5.41, 5.74) is 1.79. The van der Waals surface area contributed by atoms with Crippen LogP contribution >= 0.6 is 0 Å². The Kier molecular flexibility index (Phi) is 11.1. The van der Waals surface area contributed by atoms with Crippen molar-refractivity contribution in [3.05, 3.63) is 29.3 Å². The van der Waals surface area contributed by atoms with Crippen LogP contribution in [0.25, 0.3) is 0 Å². The molecule has 13 heteroatoms. The van der Waals surface area contributed by atoms with Crippen LogP contribution in [0.1, 0.15) is 30.4 Å². The Bertz CT molecular complexity index is 992. The molecule has 2 fully saturated rings. The van der Waals surface area contributed by atoms with E-state index < -0.39 is 22.2 Å². The number of carboxylic acid groups (broad SMARTS) is 1. The Hall–Kier alpha value is -2.22. The van der Waals surface area contributed by atoms with E-state index >= 15 is 0 Å². The molecule has 0 saturated carbocycles. The van der Waals surface area contributed by atoms with Gasteiger partial charge < -0.3 is 20.2 Å². The van der Waals surface area contributed by atoms with E-state index in [0.717, 1.165) is 37.3 Å². The fourth-order valence-electron chi connectivity index (χ4n) is 4.13. The van der Waals surface area contributed by atoms with Crippen molar-refractivity contribution in [2.24, 2.45) is 0 Å². The number of likely N-dealkylation sites (tertiary alicyclic amines) is 1. The SMILES string of the molecule is Cc1ccc(S(=O)(=O)N(CCC(=O)N2CCNCC2)CCN2CCCC2)c(C)c1.O=C(O)C(F)(F)F. The molecule has 3 rings (SSSR count). The minimum absolute atomic E-state index is 0.0356. The van der Waals surface area contributed by atoms with Gasteiger partial charge >= 0.3 is 12.1 Å². The third-order valence-corrected chi connectivity index (χ3v) is 8.16. The Morgan fingerprint density at radius 3 is 2.17 bits per heavy atom. The molecule has 0 bridgehead atoms. The number of benzene rings is 1. The van der Waals surface area contributed by atoms with E-state index in [9.17, 15) is 26.4 Å². The number of alkyl halides is 3. The molecule has 2 aliphatic rings. The zero-order valence-corrected chi connectivity index (χ0v) is 21.5. The van der Waals surface area contributed by atoms with Crippen molar-refractivity contribution < 1.29 is 36.3 Å². The number of nitrogens with one attached hydrogen (secondary N) is 1. The molecule has 0 radical (unpaired) electrons. The number of carbonyl (C=O) groups is 2. The van der Waals surface area contributed by atoms with Crippen LogP contribution in [0.5, 0.6) is 0 Å². The maximum Gasteiger partial charge on any atom is 0.490 e. The summed E-state index contributed by atoms with van der Waals surface area (Å²) < 4.78 is 60.1. The van der Waals surface area contributed by atoms with Crippen LogP contribution in [0.4, 0.5) is 13.2 Å². The zero-order chi connectivity index (χ0) is 26.9. The number of aliphatic carboxylic acids is 1. The third-order valence-electron chi connectivity index (χ3n) is 6.10. The van der Waals surface area contributed by atoms with Crippen LogP contribution in [-0.4, -0.2) is 105 Å². The van der Waals surface area contributed by atoms with Gasteiger partial charge in [0.25, 0.3) is 0 Å². The quantitative estimate of drug-likeness (QED) is 0.522. The van der Waals surface area contributed by atoms with Crippen molar-refractivity contribution >= 4 is 21.9 Å². The van der Waals surface area contributed by atoms with Gasteiger partial charge in [0.05, 0.1) is 4.90 Å². The summed E-state index contributed by atoms with van der Waals surface area (Å²) in [6.45, 7) is 10.2. The molecule has 0 unspecified atom stereocenters. The molecule has 204 valence electrons. The molecule has 1 aromatic rings. The average molecular weight is 537 g/mol. The summed E-state index contributed by atoms with van der Waals surface area (Å²) in [5.74, 6) is -2.72. The number of piperazine rings is 1. The van der Waals surface area contributed by atoms with Gasteiger partial charge in [0.2, 0.25) is 15.9 Å². The summed E-state index contributed by atoms with van der Waals surface area (Å²) in [7, 11) is -3.64. The van der Waals surface area contributed by atoms with E-state index in [1.54, 1.807) is 6.07 Å². The van der Waals surface area contributed by atoms with Crippen molar-refractivity contribution in [2.45, 2.75) is 44.2 Å². The van der Waals surface area contributed by atoms with Gasteiger partial charge in [0.15, 0.2) is 0 Å². The molecular formula is C23H35F3N4O5S. The normalized spacial score (nSPS) is 17.1. The highest BCUT2D eigenvalue weighted by Gasteiger charge is 2.38. The minimum Gasteiger partial charge on any atom is -0.475 e. The lowest BCUT2D eigenvalue weighted by molar-refractivity contribution is -0.192. The summed E-state index contributed by atoms with van der Waals surface area (Å²) in [4.78, 5) is 26.0. The van der Waals surface area contributed by atoms with E-state index in [1.165, 1.54) is 17.1 Å². The van der Waals surface area contributed by atoms with Crippen molar-refractivity contribution in [1.29, 1.82) is 0 Å². The van der Waals surface area contributed by atoms with E-state index in [1.807, 2.05) is 30.9 Å². The zero-order valence-electron chi connectivity index (χ0n) is 20.7. The van der Waals surface area contributed by atoms with Crippen molar-refractivity contribution in [2.75, 3.05) is 58.9 Å². The molecule has 0 atom stereocenters. The first-order valence-corrected chi connectivity index (χ1v) is 13.3. The molecule has 2 heterocycles. The molecule has 2 saturated heterocycles. The molecular weight excluding hydrogens is 501 g/mol. The van der Waals surface area contributed by atoms with Crippen LogP contribution in [0.3, 0.4) is 0 Å². The van der Waals surface area contributed by atoms with Gasteiger partial charge in [-0.2, -0.15) is 17.5 Å². The van der Waals surface area contributed by atoms with Crippen LogP contribution in [0, 0.1) is 13.8 Å². The Balaban J connectivity index is 0.000000572. The molecule has 1 aromatic carbocycles. The Morgan fingerprint density at radius 2 is 1.64 bits per heavy atom. The molecule has 0 aromatic heterocycles. The second-order valence-electron chi connectivity index (χ2n) is 8.91. The second kappa shape index (κ2) is 13.4. The van der Waals surface area contributed by atoms with Gasteiger partial charge in [-0.05, 0) is 51.4 Å². The molecule has 0 spiro atoms. The standard InChI is InChI=1S/C21H34N4O3S.C2HF3O2/c1-18-5-6-20(19(2)17-18)29(27,28)25(16-15-23-10-3-4-11-23)12-7-21(26)24-13-8-22-9-14-24;3-2(4,5)1(6)7/h5-6,17,22H,3-4,7-16H2,1-2H3;(H,6,7). The van der Waals surface area contributed by atoms with Crippen molar-refractivity contribution in [3.8, 4) is 0 Å². The fraction of sp³-hybridized carbons (Fsp3) is 0.652. The first-order valence-electron chi connectivity index (χ1n) is 11.9.